The summed E-state index contributed by atoms with van der Waals surface area (Å²) in [5.41, 5.74) is 0.417. The molecule has 0 spiro atoms. The molecule has 0 bridgehead atoms. The van der Waals surface area contributed by atoms with E-state index < -0.39 is 10.0 Å². The van der Waals surface area contributed by atoms with Crippen molar-refractivity contribution in [3.63, 3.8) is 0 Å². The summed E-state index contributed by atoms with van der Waals surface area (Å²) in [6, 6.07) is 10.3. The Morgan fingerprint density at radius 1 is 1.06 bits per heavy atom. The number of ether oxygens (including phenoxy) is 3. The third-order valence-corrected chi connectivity index (χ3v) is 8.21. The molecule has 8 nitrogen and oxygen atoms in total. The van der Waals surface area contributed by atoms with E-state index in [0.717, 1.165) is 24.2 Å². The van der Waals surface area contributed by atoms with E-state index in [0.29, 0.717) is 55.8 Å². The molecule has 2 aromatic rings. The second-order valence-electron chi connectivity index (χ2n) is 7.70. The number of fused-ring (bicyclic) bond motifs is 1. The average Bonchev–Trinajstić information content (AvgIpc) is 3.26. The van der Waals surface area contributed by atoms with Gasteiger partial charge < -0.3 is 19.5 Å². The molecule has 2 aliphatic heterocycles. The molecule has 0 atom stereocenters. The van der Waals surface area contributed by atoms with Gasteiger partial charge in [0, 0.05) is 30.1 Å². The van der Waals surface area contributed by atoms with Crippen molar-refractivity contribution in [1.29, 1.82) is 0 Å². The van der Waals surface area contributed by atoms with Gasteiger partial charge >= 0.3 is 0 Å². The number of sulfonamides is 1. The zero-order chi connectivity index (χ0) is 23.3. The number of nitrogens with one attached hydrogen (secondary N) is 1. The van der Waals surface area contributed by atoms with Crippen LogP contribution < -0.4 is 19.5 Å². The summed E-state index contributed by atoms with van der Waals surface area (Å²) in [6.45, 7) is 4.37. The summed E-state index contributed by atoms with van der Waals surface area (Å²) in [5, 5.41) is 2.80. The number of carbonyl (C=O) groups excluding carboxylic acids is 1. The number of benzene rings is 2. The van der Waals surface area contributed by atoms with Crippen LogP contribution in [-0.2, 0) is 14.8 Å². The summed E-state index contributed by atoms with van der Waals surface area (Å²) in [4.78, 5) is 13.5. The molecule has 4 rings (SSSR count). The van der Waals surface area contributed by atoms with Crippen LogP contribution in [0.4, 0.5) is 5.69 Å². The summed E-state index contributed by atoms with van der Waals surface area (Å²) < 4.78 is 44.6. The molecule has 2 aliphatic rings. The summed E-state index contributed by atoms with van der Waals surface area (Å²) in [6.07, 6.45) is 2.52. The minimum atomic E-state index is -3.69. The Hall–Kier alpha value is -2.43. The van der Waals surface area contributed by atoms with Crippen molar-refractivity contribution in [3.05, 3.63) is 36.4 Å². The van der Waals surface area contributed by atoms with Gasteiger partial charge in [-0.1, -0.05) is 0 Å². The van der Waals surface area contributed by atoms with E-state index >= 15 is 0 Å². The molecule has 0 radical (unpaired) electrons. The van der Waals surface area contributed by atoms with E-state index in [1.54, 1.807) is 19.1 Å². The lowest BCUT2D eigenvalue weighted by atomic mass is 10.3. The SMILES string of the molecule is CCOc1ccc(NC(=O)CSc2ccc3c(c2)OCCCO3)cc1S(=O)(=O)N1CCCC1. The maximum atomic E-state index is 13.1. The minimum Gasteiger partial charge on any atom is -0.492 e. The molecule has 2 aromatic carbocycles. The van der Waals surface area contributed by atoms with Crippen LogP contribution in [0.3, 0.4) is 0 Å². The van der Waals surface area contributed by atoms with E-state index in [1.807, 2.05) is 18.2 Å². The fourth-order valence-electron chi connectivity index (χ4n) is 3.71. The van der Waals surface area contributed by atoms with Gasteiger partial charge in [-0.05, 0) is 56.2 Å². The lowest BCUT2D eigenvalue weighted by molar-refractivity contribution is -0.113. The van der Waals surface area contributed by atoms with Crippen LogP contribution in [0.25, 0.3) is 0 Å². The van der Waals surface area contributed by atoms with Crippen LogP contribution in [0.2, 0.25) is 0 Å². The van der Waals surface area contributed by atoms with E-state index in [1.165, 1.54) is 22.1 Å². The number of rotatable bonds is 8. The summed E-state index contributed by atoms with van der Waals surface area (Å²) >= 11 is 1.37. The molecule has 0 saturated carbocycles. The van der Waals surface area contributed by atoms with Crippen molar-refractivity contribution in [2.45, 2.75) is 36.0 Å². The van der Waals surface area contributed by atoms with Crippen molar-refractivity contribution in [2.24, 2.45) is 0 Å². The maximum absolute atomic E-state index is 13.1. The van der Waals surface area contributed by atoms with Crippen molar-refractivity contribution in [3.8, 4) is 17.2 Å². The van der Waals surface area contributed by atoms with Crippen LogP contribution in [0.5, 0.6) is 17.2 Å². The Morgan fingerprint density at radius 3 is 2.58 bits per heavy atom. The van der Waals surface area contributed by atoms with Gasteiger partial charge in [0.15, 0.2) is 11.5 Å². The van der Waals surface area contributed by atoms with Gasteiger partial charge in [0.25, 0.3) is 0 Å². The molecular formula is C23H28N2O6S2. The second kappa shape index (κ2) is 10.7. The Labute approximate surface area is 198 Å². The van der Waals surface area contributed by atoms with E-state index in [4.69, 9.17) is 14.2 Å². The summed E-state index contributed by atoms with van der Waals surface area (Å²) in [5.74, 6) is 1.62. The number of carbonyl (C=O) groups is 1. The lowest BCUT2D eigenvalue weighted by Crippen LogP contribution is -2.28. The minimum absolute atomic E-state index is 0.0830. The van der Waals surface area contributed by atoms with Crippen LogP contribution in [0, 0.1) is 0 Å². The van der Waals surface area contributed by atoms with Crippen molar-refractivity contribution in [1.82, 2.24) is 4.31 Å². The maximum Gasteiger partial charge on any atom is 0.246 e. The van der Waals surface area contributed by atoms with Crippen LogP contribution in [0.15, 0.2) is 46.2 Å². The van der Waals surface area contributed by atoms with Crippen LogP contribution in [-0.4, -0.2) is 57.3 Å². The highest BCUT2D eigenvalue weighted by atomic mass is 32.2. The first-order valence-electron chi connectivity index (χ1n) is 11.1. The molecule has 178 valence electrons. The fraction of sp³-hybridized carbons (Fsp3) is 0.435. The third-order valence-electron chi connectivity index (χ3n) is 5.30. The number of amides is 1. The first-order valence-corrected chi connectivity index (χ1v) is 13.5. The molecule has 0 aliphatic carbocycles. The molecule has 1 N–H and O–H groups in total. The van der Waals surface area contributed by atoms with Gasteiger partial charge in [0.05, 0.1) is 25.6 Å². The van der Waals surface area contributed by atoms with Crippen molar-refractivity contribution < 1.29 is 27.4 Å². The molecule has 1 fully saturated rings. The number of hydrogen-bond acceptors (Lipinski definition) is 7. The van der Waals surface area contributed by atoms with E-state index in [2.05, 4.69) is 5.32 Å². The van der Waals surface area contributed by atoms with E-state index in [9.17, 15) is 13.2 Å². The lowest BCUT2D eigenvalue weighted by Gasteiger charge is -2.19. The molecule has 1 amide bonds. The van der Waals surface area contributed by atoms with Gasteiger partial charge in [0.1, 0.15) is 10.6 Å². The first kappa shape index (κ1) is 23.7. The predicted octanol–water partition coefficient (Wildman–Crippen LogP) is 3.76. The van der Waals surface area contributed by atoms with Gasteiger partial charge in [-0.2, -0.15) is 4.31 Å². The Kier molecular flexibility index (Phi) is 7.67. The van der Waals surface area contributed by atoms with Crippen LogP contribution >= 0.6 is 11.8 Å². The van der Waals surface area contributed by atoms with Gasteiger partial charge in [-0.15, -0.1) is 11.8 Å². The monoisotopic (exact) mass is 492 g/mol. The Balaban J connectivity index is 1.44. The summed E-state index contributed by atoms with van der Waals surface area (Å²) in [7, 11) is -3.69. The predicted molar refractivity (Wildman–Crippen MR) is 127 cm³/mol. The highest BCUT2D eigenvalue weighted by Crippen LogP contribution is 2.34. The topological polar surface area (TPSA) is 94.2 Å². The number of hydrogen-bond donors (Lipinski definition) is 1. The molecular weight excluding hydrogens is 464 g/mol. The third kappa shape index (κ3) is 5.74. The molecule has 2 heterocycles. The Morgan fingerprint density at radius 2 is 1.82 bits per heavy atom. The molecule has 1 saturated heterocycles. The molecule has 10 heteroatoms. The normalized spacial score (nSPS) is 16.3. The van der Waals surface area contributed by atoms with E-state index in [-0.39, 0.29) is 16.6 Å². The standard InChI is InChI=1S/C23H28N2O6S2/c1-2-29-20-8-6-17(14-22(20)33(27,28)25-10-3-4-11-25)24-23(26)16-32-18-7-9-19-21(15-18)31-13-5-12-30-19/h6-9,14-15H,2-5,10-13,16H2,1H3,(H,24,26). The number of anilines is 1. The van der Waals surface area contributed by atoms with Gasteiger partial charge in [-0.25, -0.2) is 8.42 Å². The van der Waals surface area contributed by atoms with Crippen molar-refractivity contribution in [2.75, 3.05) is 44.0 Å². The number of thioether (sulfide) groups is 1. The highest BCUT2D eigenvalue weighted by Gasteiger charge is 2.30. The Bertz CT molecular complexity index is 1100. The highest BCUT2D eigenvalue weighted by molar-refractivity contribution is 8.00. The van der Waals surface area contributed by atoms with Gasteiger partial charge in [0.2, 0.25) is 15.9 Å². The second-order valence-corrected chi connectivity index (χ2v) is 10.7. The number of nitrogens with zero attached hydrogens (tertiary/aromatic N) is 1. The van der Waals surface area contributed by atoms with Crippen molar-refractivity contribution >= 4 is 33.4 Å². The smallest absolute Gasteiger partial charge is 0.246 e. The molecule has 33 heavy (non-hydrogen) atoms. The molecule has 0 aromatic heterocycles. The molecule has 0 unspecified atom stereocenters. The zero-order valence-corrected chi connectivity index (χ0v) is 20.2. The quantitative estimate of drug-likeness (QED) is 0.561. The largest absolute Gasteiger partial charge is 0.492 e. The fourth-order valence-corrected chi connectivity index (χ4v) is 6.11. The zero-order valence-electron chi connectivity index (χ0n) is 18.5. The van der Waals surface area contributed by atoms with Crippen LogP contribution in [0.1, 0.15) is 26.2 Å². The van der Waals surface area contributed by atoms with Gasteiger partial charge in [-0.3, -0.25) is 4.79 Å². The average molecular weight is 493 g/mol. The first-order chi connectivity index (χ1) is 16.0.